The molecule has 0 aromatic heterocycles. The van der Waals surface area contributed by atoms with E-state index in [-0.39, 0.29) is 5.41 Å². The van der Waals surface area contributed by atoms with Crippen molar-refractivity contribution in [3.8, 4) is 5.75 Å². The van der Waals surface area contributed by atoms with Gasteiger partial charge in [0.15, 0.2) is 0 Å². The van der Waals surface area contributed by atoms with E-state index in [1.54, 1.807) is 7.11 Å². The molecule has 110 valence electrons. The fraction of sp³-hybridized carbons (Fsp3) is 0.533. The molecule has 0 saturated carbocycles. The van der Waals surface area contributed by atoms with E-state index in [1.807, 2.05) is 24.3 Å². The number of hydrogen-bond acceptors (Lipinski definition) is 4. The van der Waals surface area contributed by atoms with Crippen molar-refractivity contribution in [1.29, 1.82) is 0 Å². The van der Waals surface area contributed by atoms with Crippen LogP contribution in [0.3, 0.4) is 0 Å². The number of hydrogen-bond donors (Lipinski definition) is 2. The number of rotatable bonds is 5. The summed E-state index contributed by atoms with van der Waals surface area (Å²) in [6.07, 6.45) is 1.91. The van der Waals surface area contributed by atoms with Gasteiger partial charge in [-0.1, -0.05) is 18.2 Å². The van der Waals surface area contributed by atoms with Crippen LogP contribution in [0.5, 0.6) is 5.75 Å². The van der Waals surface area contributed by atoms with E-state index in [0.29, 0.717) is 19.6 Å². The number of carboxylic acids is 1. The molecule has 0 bridgehead atoms. The first-order chi connectivity index (χ1) is 9.59. The van der Waals surface area contributed by atoms with Crippen molar-refractivity contribution in [2.24, 2.45) is 5.73 Å². The summed E-state index contributed by atoms with van der Waals surface area (Å²) in [5, 5.41) is 9.11. The predicted octanol–water partition coefficient (Wildman–Crippen LogP) is 1.55. The van der Waals surface area contributed by atoms with Gasteiger partial charge in [0.25, 0.3) is 0 Å². The molecule has 1 fully saturated rings. The normalized spacial score (nSPS) is 19.3. The summed E-state index contributed by atoms with van der Waals surface area (Å²) in [6, 6.07) is 6.88. The van der Waals surface area contributed by atoms with E-state index in [2.05, 4.69) is 0 Å². The highest BCUT2D eigenvalue weighted by molar-refractivity contribution is 5.73. The van der Waals surface area contributed by atoms with Crippen LogP contribution in [0, 0.1) is 0 Å². The molecular weight excluding hydrogens is 258 g/mol. The van der Waals surface area contributed by atoms with Gasteiger partial charge in [-0.25, -0.2) is 0 Å². The number of para-hydroxylation sites is 1. The van der Waals surface area contributed by atoms with Crippen LogP contribution in [0.1, 0.15) is 24.8 Å². The molecule has 5 nitrogen and oxygen atoms in total. The quantitative estimate of drug-likeness (QED) is 0.854. The fourth-order valence-electron chi connectivity index (χ4n) is 2.94. The highest BCUT2D eigenvalue weighted by Gasteiger charge is 2.39. The van der Waals surface area contributed by atoms with Gasteiger partial charge in [-0.3, -0.25) is 4.79 Å². The summed E-state index contributed by atoms with van der Waals surface area (Å²) >= 11 is 0. The molecule has 1 saturated heterocycles. The first-order valence-electron chi connectivity index (χ1n) is 6.79. The van der Waals surface area contributed by atoms with Gasteiger partial charge in [0.05, 0.1) is 7.11 Å². The lowest BCUT2D eigenvalue weighted by atomic mass is 9.69. The van der Waals surface area contributed by atoms with E-state index in [4.69, 9.17) is 20.3 Å². The van der Waals surface area contributed by atoms with Crippen molar-refractivity contribution in [3.63, 3.8) is 0 Å². The number of ether oxygens (including phenoxy) is 2. The minimum Gasteiger partial charge on any atom is -0.496 e. The third-order valence-corrected chi connectivity index (χ3v) is 4.06. The van der Waals surface area contributed by atoms with Crippen molar-refractivity contribution in [2.45, 2.75) is 30.7 Å². The van der Waals surface area contributed by atoms with Crippen LogP contribution < -0.4 is 10.5 Å². The topological polar surface area (TPSA) is 81.8 Å². The molecule has 1 heterocycles. The number of carbonyl (C=O) groups is 1. The Morgan fingerprint density at radius 1 is 1.45 bits per heavy atom. The van der Waals surface area contributed by atoms with Crippen LogP contribution in [-0.4, -0.2) is 37.4 Å². The number of methoxy groups -OCH3 is 1. The third kappa shape index (κ3) is 2.94. The maximum Gasteiger partial charge on any atom is 0.320 e. The molecule has 0 aliphatic carbocycles. The Labute approximate surface area is 118 Å². The van der Waals surface area contributed by atoms with Crippen LogP contribution in [0.2, 0.25) is 0 Å². The Morgan fingerprint density at radius 3 is 2.70 bits per heavy atom. The summed E-state index contributed by atoms with van der Waals surface area (Å²) in [5.74, 6) is -0.183. The van der Waals surface area contributed by atoms with Crippen LogP contribution >= 0.6 is 0 Å². The molecular formula is C15H21NO4. The molecule has 0 radical (unpaired) electrons. The second-order valence-corrected chi connectivity index (χ2v) is 5.24. The molecule has 1 atom stereocenters. The van der Waals surface area contributed by atoms with Crippen molar-refractivity contribution in [1.82, 2.24) is 0 Å². The largest absolute Gasteiger partial charge is 0.496 e. The molecule has 0 spiro atoms. The molecule has 20 heavy (non-hydrogen) atoms. The Morgan fingerprint density at radius 2 is 2.10 bits per heavy atom. The van der Waals surface area contributed by atoms with Gasteiger partial charge in [0, 0.05) is 24.2 Å². The minimum absolute atomic E-state index is 0.289. The number of benzene rings is 1. The summed E-state index contributed by atoms with van der Waals surface area (Å²) < 4.78 is 10.9. The molecule has 2 rings (SSSR count). The second-order valence-electron chi connectivity index (χ2n) is 5.24. The maximum atomic E-state index is 11.1. The van der Waals surface area contributed by atoms with Crippen molar-refractivity contribution in [3.05, 3.63) is 29.8 Å². The molecule has 0 amide bonds. The summed E-state index contributed by atoms with van der Waals surface area (Å²) in [4.78, 5) is 11.1. The molecule has 3 N–H and O–H groups in total. The van der Waals surface area contributed by atoms with Crippen LogP contribution in [0.4, 0.5) is 0 Å². The SMILES string of the molecule is COc1ccccc1C1(CC(N)C(=O)O)CCOCC1. The van der Waals surface area contributed by atoms with E-state index < -0.39 is 12.0 Å². The summed E-state index contributed by atoms with van der Waals surface area (Å²) in [7, 11) is 1.63. The van der Waals surface area contributed by atoms with E-state index in [1.165, 1.54) is 0 Å². The van der Waals surface area contributed by atoms with Crippen molar-refractivity contribution < 1.29 is 19.4 Å². The predicted molar refractivity (Wildman–Crippen MR) is 75.0 cm³/mol. The van der Waals surface area contributed by atoms with Gasteiger partial charge in [-0.2, -0.15) is 0 Å². The van der Waals surface area contributed by atoms with E-state index in [0.717, 1.165) is 24.2 Å². The first kappa shape index (κ1) is 14.8. The smallest absolute Gasteiger partial charge is 0.320 e. The molecule has 5 heteroatoms. The van der Waals surface area contributed by atoms with Gasteiger partial charge >= 0.3 is 5.97 Å². The lowest BCUT2D eigenvalue weighted by molar-refractivity contribution is -0.139. The first-order valence-corrected chi connectivity index (χ1v) is 6.79. The Bertz CT molecular complexity index is 469. The minimum atomic E-state index is -0.967. The zero-order chi connectivity index (χ0) is 14.6. The summed E-state index contributed by atoms with van der Waals surface area (Å²) in [6.45, 7) is 1.23. The van der Waals surface area contributed by atoms with E-state index >= 15 is 0 Å². The van der Waals surface area contributed by atoms with Crippen LogP contribution in [0.25, 0.3) is 0 Å². The van der Waals surface area contributed by atoms with Gasteiger partial charge in [-0.15, -0.1) is 0 Å². The van der Waals surface area contributed by atoms with Crippen LogP contribution in [-0.2, 0) is 14.9 Å². The van der Waals surface area contributed by atoms with Crippen LogP contribution in [0.15, 0.2) is 24.3 Å². The zero-order valence-electron chi connectivity index (χ0n) is 11.7. The zero-order valence-corrected chi connectivity index (χ0v) is 11.7. The lowest BCUT2D eigenvalue weighted by Crippen LogP contribution is -2.43. The van der Waals surface area contributed by atoms with Gasteiger partial charge < -0.3 is 20.3 Å². The Kier molecular flexibility index (Phi) is 4.62. The van der Waals surface area contributed by atoms with E-state index in [9.17, 15) is 4.79 Å². The molecule has 1 aliphatic heterocycles. The second kappa shape index (κ2) is 6.24. The van der Waals surface area contributed by atoms with Gasteiger partial charge in [0.1, 0.15) is 11.8 Å². The summed E-state index contributed by atoms with van der Waals surface area (Å²) in [5.41, 5.74) is 6.52. The van der Waals surface area contributed by atoms with Crippen molar-refractivity contribution >= 4 is 5.97 Å². The third-order valence-electron chi connectivity index (χ3n) is 4.06. The standard InChI is InChI=1S/C15H21NO4/c1-19-13-5-3-2-4-11(13)15(6-8-20-9-7-15)10-12(16)14(17)18/h2-5,12H,6-10,16H2,1H3,(H,17,18). The highest BCUT2D eigenvalue weighted by atomic mass is 16.5. The average Bonchev–Trinajstić information content (AvgIpc) is 2.48. The Hall–Kier alpha value is -1.59. The Balaban J connectivity index is 2.38. The van der Waals surface area contributed by atoms with Crippen molar-refractivity contribution in [2.75, 3.05) is 20.3 Å². The average molecular weight is 279 g/mol. The fourth-order valence-corrected chi connectivity index (χ4v) is 2.94. The molecule has 1 unspecified atom stereocenters. The molecule has 1 aliphatic rings. The highest BCUT2D eigenvalue weighted by Crippen LogP contribution is 2.42. The lowest BCUT2D eigenvalue weighted by Gasteiger charge is -2.39. The maximum absolute atomic E-state index is 11.1. The molecule has 1 aromatic rings. The number of nitrogens with two attached hydrogens (primary N) is 1. The molecule has 1 aromatic carbocycles. The van der Waals surface area contributed by atoms with Gasteiger partial charge in [0.2, 0.25) is 0 Å². The monoisotopic (exact) mass is 279 g/mol. The van der Waals surface area contributed by atoms with Gasteiger partial charge in [-0.05, 0) is 25.3 Å². The number of carboxylic acid groups (broad SMARTS) is 1. The number of aliphatic carboxylic acids is 1.